The maximum absolute atomic E-state index is 6.45. The van der Waals surface area contributed by atoms with Crippen molar-refractivity contribution in [2.45, 2.75) is 59.0 Å². The van der Waals surface area contributed by atoms with E-state index in [4.69, 9.17) is 10.5 Å². The van der Waals surface area contributed by atoms with E-state index in [0.29, 0.717) is 5.92 Å². The summed E-state index contributed by atoms with van der Waals surface area (Å²) in [5.41, 5.74) is 7.49. The number of nitrogens with zero attached hydrogens (tertiary/aromatic N) is 2. The van der Waals surface area contributed by atoms with Gasteiger partial charge in [0.1, 0.15) is 0 Å². The van der Waals surface area contributed by atoms with Crippen LogP contribution in [-0.4, -0.2) is 16.9 Å². The highest BCUT2D eigenvalue weighted by Crippen LogP contribution is 2.32. The fourth-order valence-corrected chi connectivity index (χ4v) is 2.45. The maximum Gasteiger partial charge on any atom is 0.161 e. The molecule has 2 atom stereocenters. The predicted molar refractivity (Wildman–Crippen MR) is 74.7 cm³/mol. The van der Waals surface area contributed by atoms with Crippen molar-refractivity contribution in [2.24, 2.45) is 11.7 Å². The van der Waals surface area contributed by atoms with Crippen molar-refractivity contribution in [1.82, 2.24) is 9.78 Å². The number of unbranched alkanes of at least 4 members (excludes halogenated alkanes) is 1. The van der Waals surface area contributed by atoms with Crippen molar-refractivity contribution in [1.29, 1.82) is 0 Å². The third kappa shape index (κ3) is 3.25. The second-order valence-corrected chi connectivity index (χ2v) is 4.75. The molecule has 0 saturated heterocycles. The third-order valence-corrected chi connectivity index (χ3v) is 3.64. The maximum atomic E-state index is 6.45. The van der Waals surface area contributed by atoms with Crippen LogP contribution in [0.5, 0.6) is 5.75 Å². The topological polar surface area (TPSA) is 53.1 Å². The van der Waals surface area contributed by atoms with E-state index in [0.717, 1.165) is 24.4 Å². The summed E-state index contributed by atoms with van der Waals surface area (Å²) in [6.07, 6.45) is 6.48. The predicted octanol–water partition coefficient (Wildman–Crippen LogP) is 3.13. The summed E-state index contributed by atoms with van der Waals surface area (Å²) in [5.74, 6) is 1.32. The summed E-state index contributed by atoms with van der Waals surface area (Å²) in [5, 5.41) is 4.34. The Kier molecular flexibility index (Phi) is 6.19. The van der Waals surface area contributed by atoms with Crippen LogP contribution < -0.4 is 10.5 Å². The molecule has 0 spiro atoms. The summed E-state index contributed by atoms with van der Waals surface area (Å²) < 4.78 is 7.34. The van der Waals surface area contributed by atoms with Gasteiger partial charge < -0.3 is 10.5 Å². The molecule has 4 nitrogen and oxygen atoms in total. The monoisotopic (exact) mass is 253 g/mol. The molecule has 0 bridgehead atoms. The molecule has 104 valence electrons. The molecule has 0 aromatic carbocycles. The lowest BCUT2D eigenvalue weighted by Crippen LogP contribution is -2.24. The Hall–Kier alpha value is -1.03. The summed E-state index contributed by atoms with van der Waals surface area (Å²) >= 11 is 0. The molecule has 0 saturated carbocycles. The first kappa shape index (κ1) is 15.0. The van der Waals surface area contributed by atoms with Crippen LogP contribution in [0.2, 0.25) is 0 Å². The van der Waals surface area contributed by atoms with Gasteiger partial charge in [-0.05, 0) is 19.3 Å². The van der Waals surface area contributed by atoms with Gasteiger partial charge in [0.05, 0.1) is 25.0 Å². The van der Waals surface area contributed by atoms with Crippen LogP contribution in [0.15, 0.2) is 6.20 Å². The third-order valence-electron chi connectivity index (χ3n) is 3.64. The van der Waals surface area contributed by atoms with Gasteiger partial charge in [-0.1, -0.05) is 33.1 Å². The van der Waals surface area contributed by atoms with E-state index in [-0.39, 0.29) is 6.04 Å². The fourth-order valence-electron chi connectivity index (χ4n) is 2.45. The van der Waals surface area contributed by atoms with Gasteiger partial charge in [-0.3, -0.25) is 4.68 Å². The van der Waals surface area contributed by atoms with Crippen molar-refractivity contribution in [2.75, 3.05) is 7.11 Å². The molecule has 0 aliphatic heterocycles. The summed E-state index contributed by atoms with van der Waals surface area (Å²) in [4.78, 5) is 0. The molecule has 2 unspecified atom stereocenters. The highest BCUT2D eigenvalue weighted by Gasteiger charge is 2.24. The summed E-state index contributed by atoms with van der Waals surface area (Å²) in [6, 6.07) is 0.0129. The molecule has 2 N–H and O–H groups in total. The fraction of sp³-hybridized carbons (Fsp3) is 0.786. The molecule has 1 aromatic heterocycles. The lowest BCUT2D eigenvalue weighted by atomic mass is 9.89. The Bertz CT molecular complexity index is 327. The van der Waals surface area contributed by atoms with E-state index in [1.54, 1.807) is 13.3 Å². The Balaban J connectivity index is 2.91. The van der Waals surface area contributed by atoms with E-state index < -0.39 is 0 Å². The van der Waals surface area contributed by atoms with E-state index in [1.165, 1.54) is 19.3 Å². The number of rotatable bonds is 8. The first-order valence-corrected chi connectivity index (χ1v) is 7.04. The van der Waals surface area contributed by atoms with Crippen LogP contribution in [-0.2, 0) is 6.54 Å². The first-order chi connectivity index (χ1) is 8.69. The second-order valence-electron chi connectivity index (χ2n) is 4.75. The lowest BCUT2D eigenvalue weighted by molar-refractivity contribution is 0.341. The van der Waals surface area contributed by atoms with Gasteiger partial charge in [0, 0.05) is 6.54 Å². The molecule has 1 rings (SSSR count). The van der Waals surface area contributed by atoms with E-state index in [1.807, 2.05) is 4.68 Å². The molecule has 1 heterocycles. The van der Waals surface area contributed by atoms with Crippen LogP contribution >= 0.6 is 0 Å². The van der Waals surface area contributed by atoms with Gasteiger partial charge in [-0.15, -0.1) is 0 Å². The number of hydrogen-bond donors (Lipinski definition) is 1. The van der Waals surface area contributed by atoms with E-state index in [9.17, 15) is 0 Å². The highest BCUT2D eigenvalue weighted by atomic mass is 16.5. The molecular weight excluding hydrogens is 226 g/mol. The van der Waals surface area contributed by atoms with E-state index >= 15 is 0 Å². The number of aromatic nitrogens is 2. The number of hydrogen-bond acceptors (Lipinski definition) is 3. The van der Waals surface area contributed by atoms with Crippen LogP contribution in [0.25, 0.3) is 0 Å². The number of nitrogens with two attached hydrogens (primary N) is 1. The summed E-state index contributed by atoms with van der Waals surface area (Å²) in [7, 11) is 1.68. The molecule has 1 aromatic rings. The molecule has 0 aliphatic rings. The quantitative estimate of drug-likeness (QED) is 0.774. The molecule has 18 heavy (non-hydrogen) atoms. The van der Waals surface area contributed by atoms with Gasteiger partial charge in [-0.2, -0.15) is 5.10 Å². The Morgan fingerprint density at radius 3 is 2.61 bits per heavy atom. The largest absolute Gasteiger partial charge is 0.493 e. The zero-order valence-electron chi connectivity index (χ0n) is 12.1. The average molecular weight is 253 g/mol. The Morgan fingerprint density at radius 2 is 2.11 bits per heavy atom. The molecule has 0 fully saturated rings. The summed E-state index contributed by atoms with van der Waals surface area (Å²) in [6.45, 7) is 7.33. The highest BCUT2D eigenvalue weighted by molar-refractivity contribution is 5.28. The zero-order chi connectivity index (χ0) is 13.5. The number of ether oxygens (including phenoxy) is 1. The molecule has 4 heteroatoms. The smallest absolute Gasteiger partial charge is 0.161 e. The minimum atomic E-state index is 0.0129. The second kappa shape index (κ2) is 7.41. The standard InChI is InChI=1S/C14H27N3O/c1-5-8-9-11(6-2)13(15)14-12(18-4)10-16-17(14)7-3/h10-11,13H,5-9,15H2,1-4H3. The van der Waals surface area contributed by atoms with Gasteiger partial charge in [-0.25, -0.2) is 0 Å². The van der Waals surface area contributed by atoms with Crippen molar-refractivity contribution in [3.63, 3.8) is 0 Å². The Labute approximate surface area is 111 Å². The lowest BCUT2D eigenvalue weighted by Gasteiger charge is -2.24. The van der Waals surface area contributed by atoms with Gasteiger partial charge in [0.25, 0.3) is 0 Å². The van der Waals surface area contributed by atoms with Crippen molar-refractivity contribution < 1.29 is 4.74 Å². The molecule has 0 radical (unpaired) electrons. The normalized spacial score (nSPS) is 14.5. The van der Waals surface area contributed by atoms with Crippen LogP contribution in [0.4, 0.5) is 0 Å². The van der Waals surface area contributed by atoms with Crippen molar-refractivity contribution in [3.8, 4) is 5.75 Å². The molecular formula is C14H27N3O. The van der Waals surface area contributed by atoms with Gasteiger partial charge in [0.15, 0.2) is 5.75 Å². The van der Waals surface area contributed by atoms with E-state index in [2.05, 4.69) is 25.9 Å². The first-order valence-electron chi connectivity index (χ1n) is 7.04. The van der Waals surface area contributed by atoms with Gasteiger partial charge >= 0.3 is 0 Å². The van der Waals surface area contributed by atoms with Gasteiger partial charge in [0.2, 0.25) is 0 Å². The van der Waals surface area contributed by atoms with Crippen molar-refractivity contribution >= 4 is 0 Å². The minimum Gasteiger partial charge on any atom is -0.493 e. The SMILES string of the molecule is CCCCC(CC)C(N)c1c(OC)cnn1CC. The minimum absolute atomic E-state index is 0.0129. The zero-order valence-corrected chi connectivity index (χ0v) is 12.1. The molecule has 0 aliphatic carbocycles. The number of aryl methyl sites for hydroxylation is 1. The van der Waals surface area contributed by atoms with Crippen LogP contribution in [0.3, 0.4) is 0 Å². The van der Waals surface area contributed by atoms with Crippen molar-refractivity contribution in [3.05, 3.63) is 11.9 Å². The Morgan fingerprint density at radius 1 is 1.39 bits per heavy atom. The van der Waals surface area contributed by atoms with Crippen LogP contribution in [0, 0.1) is 5.92 Å². The van der Waals surface area contributed by atoms with Crippen LogP contribution in [0.1, 0.15) is 58.2 Å². The number of methoxy groups -OCH3 is 1. The molecule has 0 amide bonds. The average Bonchev–Trinajstić information content (AvgIpc) is 2.82.